The summed E-state index contributed by atoms with van der Waals surface area (Å²) in [5.74, 6) is -0.673. The Kier molecular flexibility index (Phi) is 3.16. The van der Waals surface area contributed by atoms with Gasteiger partial charge in [0.1, 0.15) is 5.69 Å². The lowest BCUT2D eigenvalue weighted by molar-refractivity contribution is 0.629. The molecule has 3 rings (SSSR count). The van der Waals surface area contributed by atoms with Gasteiger partial charge in [-0.3, -0.25) is 4.79 Å². The first-order valence-corrected chi connectivity index (χ1v) is 6.10. The second kappa shape index (κ2) is 5.13. The van der Waals surface area contributed by atoms with Crippen molar-refractivity contribution in [1.82, 2.24) is 10.2 Å². The second-order valence-corrected chi connectivity index (χ2v) is 4.44. The average Bonchev–Trinajstić information content (AvgIpc) is 2.52. The largest absolute Gasteiger partial charge is 0.272 e. The first-order valence-electron chi connectivity index (χ1n) is 6.10. The fourth-order valence-electron chi connectivity index (χ4n) is 2.10. The number of nitrogens with one attached hydrogen (secondary N) is 1. The van der Waals surface area contributed by atoms with E-state index in [4.69, 9.17) is 0 Å². The Morgan fingerprint density at radius 1 is 1.38 bits per heavy atom. The van der Waals surface area contributed by atoms with E-state index >= 15 is 0 Å². The third kappa shape index (κ3) is 2.37. The van der Waals surface area contributed by atoms with Crippen LogP contribution in [0.4, 0.5) is 10.1 Å². The molecule has 1 aromatic carbocycles. The molecule has 0 fully saturated rings. The normalized spacial score (nSPS) is 11.5. The number of rotatable bonds is 3. The van der Waals surface area contributed by atoms with Gasteiger partial charge in [-0.15, -0.1) is 4.91 Å². The van der Waals surface area contributed by atoms with Crippen LogP contribution in [0.3, 0.4) is 0 Å². The van der Waals surface area contributed by atoms with Gasteiger partial charge in [0.2, 0.25) is 0 Å². The van der Waals surface area contributed by atoms with Crippen molar-refractivity contribution in [3.63, 3.8) is 0 Å². The summed E-state index contributed by atoms with van der Waals surface area (Å²) in [4.78, 5) is 22.2. The van der Waals surface area contributed by atoms with Gasteiger partial charge in [-0.1, -0.05) is 17.5 Å². The Labute approximate surface area is 117 Å². The second-order valence-electron chi connectivity index (χ2n) is 4.44. The molecule has 5 nitrogen and oxygen atoms in total. The summed E-state index contributed by atoms with van der Waals surface area (Å²) in [7, 11) is 0. The Balaban J connectivity index is 2.14. The van der Waals surface area contributed by atoms with Crippen LogP contribution in [0.5, 0.6) is 0 Å². The molecule has 0 saturated heterocycles. The predicted octanol–water partition coefficient (Wildman–Crippen LogP) is 0.783. The number of halogens is 1. The van der Waals surface area contributed by atoms with E-state index in [9.17, 15) is 14.1 Å². The Morgan fingerprint density at radius 2 is 2.24 bits per heavy atom. The minimum absolute atomic E-state index is 0.253. The minimum Gasteiger partial charge on any atom is -0.267 e. The van der Waals surface area contributed by atoms with Crippen LogP contribution in [0.25, 0.3) is 11.8 Å². The molecule has 2 aromatic rings. The van der Waals surface area contributed by atoms with Gasteiger partial charge < -0.3 is 0 Å². The third-order valence-electron chi connectivity index (χ3n) is 3.11. The molecule has 0 aliphatic heterocycles. The van der Waals surface area contributed by atoms with Gasteiger partial charge in [-0.05, 0) is 35.0 Å². The van der Waals surface area contributed by atoms with E-state index in [2.05, 4.69) is 26.8 Å². The number of nitroso groups, excluding NO2 is 1. The summed E-state index contributed by atoms with van der Waals surface area (Å²) >= 11 is 0. The van der Waals surface area contributed by atoms with Crippen LogP contribution < -0.4 is 16.0 Å². The van der Waals surface area contributed by atoms with Crippen molar-refractivity contribution in [3.8, 4) is 0 Å². The van der Waals surface area contributed by atoms with Gasteiger partial charge in [0.05, 0.1) is 16.1 Å². The quantitative estimate of drug-likeness (QED) is 0.667. The average molecular weight is 281 g/mol. The summed E-state index contributed by atoms with van der Waals surface area (Å²) in [5, 5.41) is 10.0. The monoisotopic (exact) mass is 281 g/mol. The molecule has 6 heteroatoms. The van der Waals surface area contributed by atoms with Gasteiger partial charge in [-0.25, -0.2) is 9.49 Å². The third-order valence-corrected chi connectivity index (χ3v) is 3.11. The summed E-state index contributed by atoms with van der Waals surface area (Å²) < 4.78 is 13.2. The molecule has 0 radical (unpaired) electrons. The van der Waals surface area contributed by atoms with E-state index < -0.39 is 5.82 Å². The van der Waals surface area contributed by atoms with Crippen LogP contribution in [0.1, 0.15) is 11.3 Å². The minimum atomic E-state index is -0.673. The number of allylic oxidation sites excluding steroid dienone is 1. The molecule has 1 aliphatic carbocycles. The number of aromatic amines is 1. The van der Waals surface area contributed by atoms with Crippen molar-refractivity contribution in [2.24, 2.45) is 5.18 Å². The van der Waals surface area contributed by atoms with Crippen LogP contribution in [0, 0.1) is 10.7 Å². The van der Waals surface area contributed by atoms with E-state index in [1.807, 2.05) is 0 Å². The molecule has 1 heterocycles. The predicted molar refractivity (Wildman–Crippen MR) is 74.7 cm³/mol. The van der Waals surface area contributed by atoms with Gasteiger partial charge in [0.25, 0.3) is 5.56 Å². The maximum absolute atomic E-state index is 13.2. The number of aromatic nitrogens is 2. The van der Waals surface area contributed by atoms with E-state index in [-0.39, 0.29) is 11.2 Å². The fraction of sp³-hybridized carbons (Fsp3) is 0.0667. The van der Waals surface area contributed by atoms with Gasteiger partial charge in [0, 0.05) is 6.42 Å². The van der Waals surface area contributed by atoms with Crippen LogP contribution in [-0.4, -0.2) is 10.2 Å². The molecular formula is C15H8FN3O2. The Bertz CT molecular complexity index is 995. The summed E-state index contributed by atoms with van der Waals surface area (Å²) in [6.07, 6.45) is 3.52. The standard InChI is InChI=1S/C15H8FN3O2/c16-12-6-5-9(8-14(12)19-21)7-13-10-3-1-2-4-11(10)15(20)18-17-13/h2,4-6,8H,7H2,(H,18,20). The molecule has 102 valence electrons. The first-order chi connectivity index (χ1) is 10.2. The Hall–Kier alpha value is -3.07. The number of H-pyrrole nitrogens is 1. The first kappa shape index (κ1) is 12.9. The number of hydrogen-bond donors (Lipinski definition) is 1. The summed E-state index contributed by atoms with van der Waals surface area (Å²) in [5.41, 5.74) is 6.28. The van der Waals surface area contributed by atoms with Gasteiger partial charge >= 0.3 is 0 Å². The maximum atomic E-state index is 13.2. The van der Waals surface area contributed by atoms with E-state index in [0.29, 0.717) is 28.1 Å². The molecule has 0 atom stereocenters. The van der Waals surface area contributed by atoms with E-state index in [1.54, 1.807) is 12.2 Å². The van der Waals surface area contributed by atoms with Crippen LogP contribution in [0.2, 0.25) is 0 Å². The molecule has 0 bridgehead atoms. The van der Waals surface area contributed by atoms with Crippen molar-refractivity contribution in [2.45, 2.75) is 6.42 Å². The highest BCUT2D eigenvalue weighted by atomic mass is 19.1. The number of benzene rings is 1. The molecule has 1 aliphatic rings. The molecule has 1 N–H and O–H groups in total. The summed E-state index contributed by atoms with van der Waals surface area (Å²) in [6.45, 7) is 0. The van der Waals surface area contributed by atoms with Crippen LogP contribution in [-0.2, 0) is 6.42 Å². The zero-order valence-corrected chi connectivity index (χ0v) is 10.7. The van der Waals surface area contributed by atoms with E-state index in [1.165, 1.54) is 18.2 Å². The van der Waals surface area contributed by atoms with Crippen molar-refractivity contribution in [1.29, 1.82) is 0 Å². The fourth-order valence-corrected chi connectivity index (χ4v) is 2.10. The summed E-state index contributed by atoms with van der Waals surface area (Å²) in [6, 6.07) is 4.07. The molecule has 0 amide bonds. The van der Waals surface area contributed by atoms with Crippen molar-refractivity contribution in [3.05, 3.63) is 72.8 Å². The van der Waals surface area contributed by atoms with Crippen molar-refractivity contribution in [2.75, 3.05) is 0 Å². The van der Waals surface area contributed by atoms with Gasteiger partial charge in [0.15, 0.2) is 5.82 Å². The molecule has 0 saturated carbocycles. The topological polar surface area (TPSA) is 75.2 Å². The number of hydrogen-bond acceptors (Lipinski definition) is 4. The van der Waals surface area contributed by atoms with Crippen molar-refractivity contribution < 1.29 is 4.39 Å². The molecule has 0 spiro atoms. The Morgan fingerprint density at radius 3 is 3.05 bits per heavy atom. The SMILES string of the molecule is O=Nc1cc(Cc2n[nH]c(=O)c3c2=C=C=CC=3)ccc1F. The smallest absolute Gasteiger partial charge is 0.267 e. The highest BCUT2D eigenvalue weighted by Crippen LogP contribution is 2.19. The van der Waals surface area contributed by atoms with Crippen LogP contribution in [0.15, 0.2) is 40.0 Å². The lowest BCUT2D eigenvalue weighted by Crippen LogP contribution is -2.44. The zero-order valence-electron chi connectivity index (χ0n) is 10.7. The zero-order chi connectivity index (χ0) is 14.8. The van der Waals surface area contributed by atoms with E-state index in [0.717, 1.165) is 0 Å². The van der Waals surface area contributed by atoms with Crippen LogP contribution >= 0.6 is 0 Å². The lowest BCUT2D eigenvalue weighted by atomic mass is 10.1. The number of fused-ring (bicyclic) bond motifs is 1. The molecule has 21 heavy (non-hydrogen) atoms. The van der Waals surface area contributed by atoms with Gasteiger partial charge in [-0.2, -0.15) is 5.10 Å². The molecular weight excluding hydrogens is 273 g/mol. The molecule has 1 aromatic heterocycles. The lowest BCUT2D eigenvalue weighted by Gasteiger charge is -2.03. The highest BCUT2D eigenvalue weighted by molar-refractivity contribution is 5.46. The molecule has 0 unspecified atom stereocenters. The highest BCUT2D eigenvalue weighted by Gasteiger charge is 2.08. The number of nitrogens with zero attached hydrogens (tertiary/aromatic N) is 2. The maximum Gasteiger partial charge on any atom is 0.272 e. The van der Waals surface area contributed by atoms with Crippen molar-refractivity contribution >= 4 is 17.5 Å².